The fourth-order valence-electron chi connectivity index (χ4n) is 3.64. The van der Waals surface area contributed by atoms with E-state index in [9.17, 15) is 0 Å². The summed E-state index contributed by atoms with van der Waals surface area (Å²) in [6.07, 6.45) is 5.83. The van der Waals surface area contributed by atoms with E-state index in [1.165, 1.54) is 24.8 Å². The number of hydrogen-bond donors (Lipinski definition) is 1. The highest BCUT2D eigenvalue weighted by molar-refractivity contribution is 8.00. The Kier molecular flexibility index (Phi) is 6.68. The first-order valence-corrected chi connectivity index (χ1v) is 10.9. The predicted octanol–water partition coefficient (Wildman–Crippen LogP) is 3.36. The number of anilines is 1. The number of piperidine rings is 1. The lowest BCUT2D eigenvalue weighted by Crippen LogP contribution is -2.50. The molecule has 2 fully saturated rings. The molecule has 0 saturated carbocycles. The smallest absolute Gasteiger partial charge is 0.194 e. The average molecular weight is 376 g/mol. The van der Waals surface area contributed by atoms with E-state index in [1.54, 1.807) is 0 Å². The van der Waals surface area contributed by atoms with Crippen molar-refractivity contribution in [2.24, 2.45) is 4.99 Å². The second-order valence-corrected chi connectivity index (χ2v) is 9.57. The van der Waals surface area contributed by atoms with Gasteiger partial charge in [-0.1, -0.05) is 0 Å². The molecule has 5 nitrogen and oxygen atoms in total. The maximum Gasteiger partial charge on any atom is 0.194 e. The standard InChI is InChI=1S/C20H33N5S/c1-4-21-19(25-12-13-26-20(2,3)16-25)23-15-17-8-9-22-18(14-17)24-10-6-5-7-11-24/h8-9,14H,4-7,10-13,15-16H2,1-3H3,(H,21,23). The van der Waals surface area contributed by atoms with Crippen LogP contribution in [-0.2, 0) is 6.54 Å². The van der Waals surface area contributed by atoms with Crippen molar-refractivity contribution >= 4 is 23.5 Å². The molecule has 0 bridgehead atoms. The molecule has 3 rings (SSSR count). The Morgan fingerprint density at radius 2 is 2.08 bits per heavy atom. The fraction of sp³-hybridized carbons (Fsp3) is 0.700. The van der Waals surface area contributed by atoms with Crippen LogP contribution in [0.15, 0.2) is 23.3 Å². The molecule has 1 aromatic rings. The zero-order valence-electron chi connectivity index (χ0n) is 16.5. The van der Waals surface area contributed by atoms with Crippen molar-refractivity contribution in [3.63, 3.8) is 0 Å². The molecule has 6 heteroatoms. The Morgan fingerprint density at radius 3 is 2.81 bits per heavy atom. The van der Waals surface area contributed by atoms with Gasteiger partial charge in [-0.05, 0) is 57.7 Å². The normalized spacial score (nSPS) is 21.0. The van der Waals surface area contributed by atoms with Crippen molar-refractivity contribution < 1.29 is 0 Å². The van der Waals surface area contributed by atoms with E-state index in [0.29, 0.717) is 6.54 Å². The highest BCUT2D eigenvalue weighted by Gasteiger charge is 2.28. The molecule has 0 aliphatic carbocycles. The Hall–Kier alpha value is -1.43. The Labute approximate surface area is 162 Å². The minimum absolute atomic E-state index is 0.284. The summed E-state index contributed by atoms with van der Waals surface area (Å²) in [6, 6.07) is 4.31. The van der Waals surface area contributed by atoms with Crippen LogP contribution >= 0.6 is 11.8 Å². The van der Waals surface area contributed by atoms with Crippen LogP contribution in [-0.4, -0.2) is 59.1 Å². The summed E-state index contributed by atoms with van der Waals surface area (Å²) in [5.41, 5.74) is 1.24. The van der Waals surface area contributed by atoms with Gasteiger partial charge in [-0.3, -0.25) is 0 Å². The number of aromatic nitrogens is 1. The zero-order valence-corrected chi connectivity index (χ0v) is 17.3. The maximum absolute atomic E-state index is 4.94. The largest absolute Gasteiger partial charge is 0.357 e. The van der Waals surface area contributed by atoms with Crippen molar-refractivity contribution in [3.8, 4) is 0 Å². The van der Waals surface area contributed by atoms with Crippen molar-refractivity contribution in [3.05, 3.63) is 23.9 Å². The van der Waals surface area contributed by atoms with Crippen LogP contribution in [0, 0.1) is 0 Å². The highest BCUT2D eigenvalue weighted by Crippen LogP contribution is 2.29. The lowest BCUT2D eigenvalue weighted by Gasteiger charge is -2.39. The van der Waals surface area contributed by atoms with Gasteiger partial charge in [0.25, 0.3) is 0 Å². The minimum Gasteiger partial charge on any atom is -0.357 e. The van der Waals surface area contributed by atoms with E-state index in [0.717, 1.165) is 50.3 Å². The molecule has 0 aromatic carbocycles. The van der Waals surface area contributed by atoms with Crippen LogP contribution in [0.4, 0.5) is 5.82 Å². The minimum atomic E-state index is 0.284. The van der Waals surface area contributed by atoms with Gasteiger partial charge in [-0.2, -0.15) is 11.8 Å². The number of thioether (sulfide) groups is 1. The van der Waals surface area contributed by atoms with Crippen molar-refractivity contribution in [1.82, 2.24) is 15.2 Å². The monoisotopic (exact) mass is 375 g/mol. The van der Waals surface area contributed by atoms with Gasteiger partial charge in [0.05, 0.1) is 6.54 Å². The molecular weight excluding hydrogens is 342 g/mol. The second kappa shape index (κ2) is 8.98. The third-order valence-electron chi connectivity index (χ3n) is 4.96. The molecular formula is C20H33N5S. The second-order valence-electron chi connectivity index (χ2n) is 7.77. The van der Waals surface area contributed by atoms with Crippen LogP contribution in [0.25, 0.3) is 0 Å². The van der Waals surface area contributed by atoms with Gasteiger partial charge in [0.2, 0.25) is 0 Å². The van der Waals surface area contributed by atoms with Gasteiger partial charge < -0.3 is 15.1 Å². The van der Waals surface area contributed by atoms with E-state index in [1.807, 2.05) is 6.20 Å². The van der Waals surface area contributed by atoms with E-state index in [-0.39, 0.29) is 4.75 Å². The molecule has 0 radical (unpaired) electrons. The summed E-state index contributed by atoms with van der Waals surface area (Å²) in [7, 11) is 0. The van der Waals surface area contributed by atoms with Crippen LogP contribution in [0.3, 0.4) is 0 Å². The average Bonchev–Trinajstić information content (AvgIpc) is 2.65. The van der Waals surface area contributed by atoms with Gasteiger partial charge in [-0.25, -0.2) is 9.98 Å². The maximum atomic E-state index is 4.94. The Balaban J connectivity index is 1.69. The molecule has 0 spiro atoms. The molecule has 0 unspecified atom stereocenters. The van der Waals surface area contributed by atoms with Crippen molar-refractivity contribution in [2.75, 3.05) is 43.4 Å². The van der Waals surface area contributed by atoms with E-state index in [2.05, 4.69) is 64.8 Å². The van der Waals surface area contributed by atoms with Crippen LogP contribution in [0.2, 0.25) is 0 Å². The van der Waals surface area contributed by atoms with E-state index < -0.39 is 0 Å². The quantitative estimate of drug-likeness (QED) is 0.646. The summed E-state index contributed by atoms with van der Waals surface area (Å²) in [6.45, 7) is 12.7. The Morgan fingerprint density at radius 1 is 1.27 bits per heavy atom. The number of rotatable bonds is 4. The number of aliphatic imine (C=N–C) groups is 1. The van der Waals surface area contributed by atoms with Crippen LogP contribution in [0.1, 0.15) is 45.6 Å². The van der Waals surface area contributed by atoms with Gasteiger partial charge >= 0.3 is 0 Å². The third kappa shape index (κ3) is 5.29. The molecule has 3 heterocycles. The van der Waals surface area contributed by atoms with Crippen LogP contribution in [0.5, 0.6) is 0 Å². The number of hydrogen-bond acceptors (Lipinski definition) is 4. The topological polar surface area (TPSA) is 43.8 Å². The first kappa shape index (κ1) is 19.3. The summed E-state index contributed by atoms with van der Waals surface area (Å²) in [4.78, 5) is 14.3. The Bertz CT molecular complexity index is 610. The van der Waals surface area contributed by atoms with Gasteiger partial charge in [0.15, 0.2) is 5.96 Å². The molecule has 0 atom stereocenters. The lowest BCUT2D eigenvalue weighted by molar-refractivity contribution is 0.376. The molecule has 26 heavy (non-hydrogen) atoms. The highest BCUT2D eigenvalue weighted by atomic mass is 32.2. The summed E-state index contributed by atoms with van der Waals surface area (Å²) >= 11 is 2.05. The first-order valence-electron chi connectivity index (χ1n) is 9.94. The summed E-state index contributed by atoms with van der Waals surface area (Å²) in [5, 5.41) is 3.48. The molecule has 2 aliphatic rings. The molecule has 2 aliphatic heterocycles. The number of pyridine rings is 1. The number of nitrogens with one attached hydrogen (secondary N) is 1. The van der Waals surface area contributed by atoms with Gasteiger partial charge in [0, 0.05) is 49.4 Å². The van der Waals surface area contributed by atoms with Gasteiger partial charge in [-0.15, -0.1) is 0 Å². The van der Waals surface area contributed by atoms with Crippen molar-refractivity contribution in [2.45, 2.75) is 51.3 Å². The molecule has 144 valence electrons. The number of nitrogens with zero attached hydrogens (tertiary/aromatic N) is 4. The summed E-state index contributed by atoms with van der Waals surface area (Å²) < 4.78 is 0.284. The molecule has 1 N–H and O–H groups in total. The predicted molar refractivity (Wildman–Crippen MR) is 113 cm³/mol. The summed E-state index contributed by atoms with van der Waals surface area (Å²) in [5.74, 6) is 3.31. The molecule has 1 aromatic heterocycles. The molecule has 2 saturated heterocycles. The fourth-order valence-corrected chi connectivity index (χ4v) is 4.76. The zero-order chi connectivity index (χ0) is 18.4. The van der Waals surface area contributed by atoms with Crippen LogP contribution < -0.4 is 10.2 Å². The van der Waals surface area contributed by atoms with Crippen molar-refractivity contribution in [1.29, 1.82) is 0 Å². The SMILES string of the molecule is CCNC(=NCc1ccnc(N2CCCCC2)c1)N1CCSC(C)(C)C1. The number of guanidine groups is 1. The third-order valence-corrected chi connectivity index (χ3v) is 6.26. The van der Waals surface area contributed by atoms with E-state index in [4.69, 9.17) is 4.99 Å². The van der Waals surface area contributed by atoms with E-state index >= 15 is 0 Å². The first-order chi connectivity index (χ1) is 12.6. The van der Waals surface area contributed by atoms with Gasteiger partial charge in [0.1, 0.15) is 5.82 Å². The lowest BCUT2D eigenvalue weighted by atomic mass is 10.1. The molecule has 0 amide bonds.